The summed E-state index contributed by atoms with van der Waals surface area (Å²) in [5.74, 6) is -1.66. The molecule has 2 aromatic carbocycles. The minimum atomic E-state index is -2.32. The molecule has 10 atom stereocenters. The number of piperidine rings is 1. The Morgan fingerprint density at radius 2 is 1.73 bits per heavy atom. The molecule has 5 N–H and O–H groups in total. The number of aliphatic hydroxyl groups is 2. The lowest BCUT2D eigenvalue weighted by atomic mass is 9.47. The molecule has 2 bridgehead atoms. The average molecular weight is 826 g/mol. The highest BCUT2D eigenvalue weighted by molar-refractivity contribution is 5.95. The summed E-state index contributed by atoms with van der Waals surface area (Å²) in [5.41, 5.74) is 5.04. The van der Waals surface area contributed by atoms with Gasteiger partial charge in [0.2, 0.25) is 5.60 Å². The topological polar surface area (TPSA) is 180 Å². The van der Waals surface area contributed by atoms with Gasteiger partial charge in [-0.3, -0.25) is 19.4 Å². The molecule has 1 aromatic heterocycles. The number of esters is 3. The molecule has 2 saturated heterocycles. The molecule has 3 fully saturated rings. The van der Waals surface area contributed by atoms with Gasteiger partial charge >= 0.3 is 17.9 Å². The summed E-state index contributed by atoms with van der Waals surface area (Å²) in [5, 5.41) is 26.3. The third kappa shape index (κ3) is 5.23. The van der Waals surface area contributed by atoms with Crippen molar-refractivity contribution in [2.75, 3.05) is 71.7 Å². The van der Waals surface area contributed by atoms with Crippen LogP contribution >= 0.6 is 0 Å². The highest BCUT2D eigenvalue weighted by Gasteiger charge is 2.80. The zero-order chi connectivity index (χ0) is 42.7. The largest absolute Gasteiger partial charge is 0.496 e. The van der Waals surface area contributed by atoms with Gasteiger partial charge in [-0.2, -0.15) is 0 Å². The molecule has 6 aliphatic rings. The zero-order valence-corrected chi connectivity index (χ0v) is 35.8. The fourth-order valence-electron chi connectivity index (χ4n) is 13.6. The van der Waals surface area contributed by atoms with Crippen LogP contribution in [0.4, 0.5) is 11.4 Å². The molecule has 1 aliphatic carbocycles. The van der Waals surface area contributed by atoms with Crippen LogP contribution in [0.5, 0.6) is 5.75 Å². The number of nitrogen functional groups attached to an aromatic ring is 1. The van der Waals surface area contributed by atoms with Crippen LogP contribution in [-0.4, -0.2) is 133 Å². The maximum absolute atomic E-state index is 15.4. The van der Waals surface area contributed by atoms with Crippen LogP contribution in [0.2, 0.25) is 0 Å². The Morgan fingerprint density at radius 1 is 0.967 bits per heavy atom. The summed E-state index contributed by atoms with van der Waals surface area (Å²) in [6, 6.07) is 8.50. The van der Waals surface area contributed by atoms with E-state index in [1.165, 1.54) is 21.1 Å². The lowest BCUT2D eigenvalue weighted by Crippen LogP contribution is -2.81. The summed E-state index contributed by atoms with van der Waals surface area (Å²) >= 11 is 0. The van der Waals surface area contributed by atoms with Crippen LogP contribution in [0, 0.1) is 11.3 Å². The van der Waals surface area contributed by atoms with Gasteiger partial charge in [0.25, 0.3) is 0 Å². The first-order valence-electron chi connectivity index (χ1n) is 21.4. The van der Waals surface area contributed by atoms with Gasteiger partial charge in [-0.25, -0.2) is 4.79 Å². The number of methoxy groups -OCH3 is 3. The predicted octanol–water partition coefficient (Wildman–Crippen LogP) is 3.57. The van der Waals surface area contributed by atoms with Gasteiger partial charge in [-0.15, -0.1) is 0 Å². The van der Waals surface area contributed by atoms with Gasteiger partial charge in [0.1, 0.15) is 11.2 Å². The summed E-state index contributed by atoms with van der Waals surface area (Å²) in [7, 11) is 6.11. The summed E-state index contributed by atoms with van der Waals surface area (Å²) < 4.78 is 23.9. The summed E-state index contributed by atoms with van der Waals surface area (Å²) in [6.07, 6.45) is 5.77. The zero-order valence-electron chi connectivity index (χ0n) is 35.8. The van der Waals surface area contributed by atoms with Crippen LogP contribution in [0.1, 0.15) is 75.3 Å². The van der Waals surface area contributed by atoms with E-state index in [1.807, 2.05) is 62.2 Å². The molecule has 0 radical (unpaired) electrons. The highest BCUT2D eigenvalue weighted by atomic mass is 16.6. The van der Waals surface area contributed by atoms with E-state index in [2.05, 4.69) is 20.9 Å². The average Bonchev–Trinajstić information content (AvgIpc) is 3.89. The number of hydrogen-bond acceptors (Lipinski definition) is 13. The second-order valence-corrected chi connectivity index (χ2v) is 18.5. The highest BCUT2D eigenvalue weighted by Crippen LogP contribution is 2.68. The van der Waals surface area contributed by atoms with Crippen LogP contribution in [0.15, 0.2) is 42.5 Å². The van der Waals surface area contributed by atoms with E-state index in [1.54, 1.807) is 7.11 Å². The molecule has 3 aromatic rings. The van der Waals surface area contributed by atoms with Gasteiger partial charge in [-0.05, 0) is 86.4 Å². The molecule has 1 unspecified atom stereocenters. The van der Waals surface area contributed by atoms with Gasteiger partial charge in [0, 0.05) is 96.6 Å². The van der Waals surface area contributed by atoms with Crippen LogP contribution in [0.3, 0.4) is 0 Å². The van der Waals surface area contributed by atoms with Crippen LogP contribution in [-0.2, 0) is 45.8 Å². The number of nitrogens with two attached hydrogens (primary N) is 1. The smallest absolute Gasteiger partial charge is 0.344 e. The van der Waals surface area contributed by atoms with Gasteiger partial charge < -0.3 is 44.8 Å². The lowest BCUT2D eigenvalue weighted by Gasteiger charge is -2.63. The van der Waals surface area contributed by atoms with Crippen molar-refractivity contribution < 1.29 is 43.5 Å². The van der Waals surface area contributed by atoms with E-state index >= 15 is 4.79 Å². The van der Waals surface area contributed by atoms with Gasteiger partial charge in [-0.1, -0.05) is 26.0 Å². The predicted molar refractivity (Wildman–Crippen MR) is 225 cm³/mol. The molecule has 9 rings (SSSR count). The number of aromatic nitrogens is 1. The lowest BCUT2D eigenvalue weighted by molar-refractivity contribution is -0.228. The number of ether oxygens (including phenoxy) is 4. The van der Waals surface area contributed by atoms with Crippen molar-refractivity contribution in [3.63, 3.8) is 0 Å². The van der Waals surface area contributed by atoms with Gasteiger partial charge in [0.05, 0.1) is 33.0 Å². The first-order chi connectivity index (χ1) is 28.6. The maximum Gasteiger partial charge on any atom is 0.344 e. The van der Waals surface area contributed by atoms with E-state index in [0.717, 1.165) is 27.7 Å². The number of fused-ring (bicyclic) bond motifs is 6. The number of aromatic amines is 1. The third-order valence-corrected chi connectivity index (χ3v) is 15.7. The molecular weight excluding hydrogens is 767 g/mol. The van der Waals surface area contributed by atoms with Crippen molar-refractivity contribution in [2.45, 2.75) is 99.5 Å². The second kappa shape index (κ2) is 13.9. The SMILES string of the molecule is CC[C@]1(O)C[C@H]2CN(CCc3c([nH]c4ccc(N)cc34)[C@@](C(=O)OC)(c3cc4c(cc3OC)N(C)[C@H]3[C@@](O)(C(=O)OC)[C@H](OC(C)=O)[C@]5(CC)C=CCN6CC[C@]43[C@@H]65)C2)C1. The standard InChI is InChI=1S/C46H59N5O9/c1-8-42(55)22-27-23-45(40(53)58-6,36-29(13-17-50(24-27)25-42)30-19-28(47)11-12-33(30)48-36)32-20-31-34(21-35(32)57-5)49(4)38-44(31)15-18-51-16-10-14-43(9-2,37(44)51)39(60-26(3)52)46(38,56)41(54)59-7/h10-12,14,19-21,27,37-39,48,55-56H,8-9,13,15-18,22-25,47H2,1-7H3/t27-,37+,38-,39-,42+,43-,44-,45+,46+/m1/s1. The Labute approximate surface area is 350 Å². The quantitative estimate of drug-likeness (QED) is 0.118. The first kappa shape index (κ1) is 40.8. The number of benzene rings is 2. The minimum absolute atomic E-state index is 0.126. The van der Waals surface area contributed by atoms with Crippen LogP contribution in [0.25, 0.3) is 10.9 Å². The molecule has 14 heteroatoms. The fourth-order valence-corrected chi connectivity index (χ4v) is 13.6. The third-order valence-electron chi connectivity index (χ3n) is 15.7. The van der Waals surface area contributed by atoms with Crippen molar-refractivity contribution in [3.05, 3.63) is 64.9 Å². The molecule has 0 amide bonds. The van der Waals surface area contributed by atoms with E-state index in [4.69, 9.17) is 24.7 Å². The number of likely N-dealkylation sites (N-methyl/N-ethyl adjacent to an activating group) is 1. The van der Waals surface area contributed by atoms with Gasteiger partial charge in [0.15, 0.2) is 6.10 Å². The molecule has 14 nitrogen and oxygen atoms in total. The monoisotopic (exact) mass is 825 g/mol. The van der Waals surface area contributed by atoms with E-state index < -0.39 is 57.5 Å². The molecule has 5 aliphatic heterocycles. The number of rotatable bonds is 7. The number of anilines is 2. The fraction of sp³-hybridized carbons (Fsp3) is 0.587. The summed E-state index contributed by atoms with van der Waals surface area (Å²) in [4.78, 5) is 53.2. The Bertz CT molecular complexity index is 2310. The van der Waals surface area contributed by atoms with Crippen LogP contribution < -0.4 is 15.4 Å². The second-order valence-electron chi connectivity index (χ2n) is 18.5. The van der Waals surface area contributed by atoms with Crippen molar-refractivity contribution in [1.29, 1.82) is 0 Å². The molecule has 322 valence electrons. The Balaban J connectivity index is 1.37. The molecule has 1 saturated carbocycles. The number of carbonyl (C=O) groups excluding carboxylic acids is 3. The van der Waals surface area contributed by atoms with Crippen molar-refractivity contribution in [3.8, 4) is 5.75 Å². The van der Waals surface area contributed by atoms with Crippen molar-refractivity contribution >= 4 is 40.2 Å². The van der Waals surface area contributed by atoms with Crippen molar-refractivity contribution in [1.82, 2.24) is 14.8 Å². The molecule has 1 spiro atoms. The first-order valence-corrected chi connectivity index (χ1v) is 21.4. The van der Waals surface area contributed by atoms with E-state index in [9.17, 15) is 19.8 Å². The van der Waals surface area contributed by atoms with Crippen molar-refractivity contribution in [2.24, 2.45) is 11.3 Å². The normalized spacial score (nSPS) is 36.5. The Morgan fingerprint density at radius 3 is 2.42 bits per heavy atom. The minimum Gasteiger partial charge on any atom is -0.496 e. The number of carbonyl (C=O) groups is 3. The number of nitrogens with one attached hydrogen (secondary N) is 1. The number of H-pyrrole nitrogens is 1. The van der Waals surface area contributed by atoms with E-state index in [-0.39, 0.29) is 12.0 Å². The summed E-state index contributed by atoms with van der Waals surface area (Å²) in [6.45, 7) is 8.48. The van der Waals surface area contributed by atoms with E-state index in [0.29, 0.717) is 93.9 Å². The Kier molecular flexibility index (Phi) is 9.48. The maximum atomic E-state index is 15.4. The molecule has 60 heavy (non-hydrogen) atoms. The Hall–Kier alpha value is -4.63. The molecule has 6 heterocycles. The number of hydrogen-bond donors (Lipinski definition) is 4. The number of nitrogens with zero attached hydrogens (tertiary/aromatic N) is 3. The molecular formula is C46H59N5O9.